The topological polar surface area (TPSA) is 101 Å². The molecule has 0 aliphatic rings. The van der Waals surface area contributed by atoms with Crippen LogP contribution in [0.15, 0.2) is 17.0 Å². The van der Waals surface area contributed by atoms with E-state index >= 15 is 0 Å². The summed E-state index contributed by atoms with van der Waals surface area (Å²) in [5.74, 6) is -3.01. The van der Waals surface area contributed by atoms with Gasteiger partial charge >= 0.3 is 0 Å². The average Bonchev–Trinajstić information content (AvgIpc) is 2.34. The van der Waals surface area contributed by atoms with Gasteiger partial charge in [0.2, 0.25) is 15.9 Å². The Hall–Kier alpha value is -1.74. The van der Waals surface area contributed by atoms with E-state index in [1.807, 2.05) is 4.72 Å². The monoisotopic (exact) mass is 321 g/mol. The number of carbonyl (C=O) groups is 1. The summed E-state index contributed by atoms with van der Waals surface area (Å²) >= 11 is 0. The van der Waals surface area contributed by atoms with Gasteiger partial charge < -0.3 is 11.1 Å². The van der Waals surface area contributed by atoms with Gasteiger partial charge in [-0.1, -0.05) is 0 Å². The van der Waals surface area contributed by atoms with Crippen LogP contribution in [0.4, 0.5) is 14.5 Å². The molecule has 0 aliphatic heterocycles. The molecule has 6 nitrogen and oxygen atoms in total. The molecular weight excluding hydrogens is 304 g/mol. The Balaban J connectivity index is 3.03. The number of hydrogen-bond donors (Lipinski definition) is 3. The van der Waals surface area contributed by atoms with E-state index in [-0.39, 0.29) is 6.04 Å². The van der Waals surface area contributed by atoms with Crippen LogP contribution in [0.2, 0.25) is 0 Å². The first-order chi connectivity index (χ1) is 9.56. The van der Waals surface area contributed by atoms with E-state index in [9.17, 15) is 22.0 Å². The van der Waals surface area contributed by atoms with Crippen molar-refractivity contribution in [2.24, 2.45) is 0 Å². The van der Waals surface area contributed by atoms with Crippen LogP contribution in [0.3, 0.4) is 0 Å². The average molecular weight is 321 g/mol. The van der Waals surface area contributed by atoms with Crippen LogP contribution in [0.25, 0.3) is 0 Å². The minimum atomic E-state index is -4.34. The number of nitrogens with one attached hydrogen (secondary N) is 2. The van der Waals surface area contributed by atoms with Crippen molar-refractivity contribution in [1.82, 2.24) is 10.0 Å². The highest BCUT2D eigenvalue weighted by atomic mass is 32.2. The molecule has 21 heavy (non-hydrogen) atoms. The minimum absolute atomic E-state index is 0.178. The maximum Gasteiger partial charge on any atom is 0.244 e. The van der Waals surface area contributed by atoms with Crippen molar-refractivity contribution in [2.75, 3.05) is 5.73 Å². The summed E-state index contributed by atoms with van der Waals surface area (Å²) in [5.41, 5.74) is 4.22. The first-order valence-corrected chi connectivity index (χ1v) is 7.60. The summed E-state index contributed by atoms with van der Waals surface area (Å²) in [6.45, 7) is 4.72. The predicted octanol–water partition coefficient (Wildman–Crippen LogP) is 0.738. The van der Waals surface area contributed by atoms with E-state index in [0.717, 1.165) is 12.1 Å². The molecule has 0 bridgehead atoms. The van der Waals surface area contributed by atoms with Crippen LogP contribution >= 0.6 is 0 Å². The molecule has 118 valence electrons. The Kier molecular flexibility index (Phi) is 5.24. The van der Waals surface area contributed by atoms with Gasteiger partial charge in [-0.2, -0.15) is 4.72 Å². The van der Waals surface area contributed by atoms with Crippen molar-refractivity contribution in [3.63, 3.8) is 0 Å². The molecule has 1 aromatic rings. The number of anilines is 1. The number of nitrogens with two attached hydrogens (primary N) is 1. The van der Waals surface area contributed by atoms with Crippen molar-refractivity contribution in [1.29, 1.82) is 0 Å². The highest BCUT2D eigenvalue weighted by Gasteiger charge is 2.26. The van der Waals surface area contributed by atoms with Gasteiger partial charge in [-0.3, -0.25) is 4.79 Å². The molecule has 0 spiro atoms. The summed E-state index contributed by atoms with van der Waals surface area (Å²) in [7, 11) is -4.34. The third-order valence-corrected chi connectivity index (χ3v) is 4.09. The van der Waals surface area contributed by atoms with Crippen LogP contribution in [-0.2, 0) is 14.8 Å². The number of hydrogen-bond acceptors (Lipinski definition) is 4. The number of halogens is 2. The third kappa shape index (κ3) is 4.11. The molecule has 0 fully saturated rings. The van der Waals surface area contributed by atoms with Crippen molar-refractivity contribution in [2.45, 2.75) is 37.8 Å². The zero-order valence-corrected chi connectivity index (χ0v) is 12.6. The summed E-state index contributed by atoms with van der Waals surface area (Å²) < 4.78 is 52.8. The Labute approximate surface area is 121 Å². The van der Waals surface area contributed by atoms with Gasteiger partial charge in [0, 0.05) is 6.04 Å². The molecular formula is C12H17F2N3O3S. The molecule has 1 aromatic carbocycles. The van der Waals surface area contributed by atoms with Gasteiger partial charge in [-0.05, 0) is 32.9 Å². The van der Waals surface area contributed by atoms with E-state index in [1.54, 1.807) is 13.8 Å². The van der Waals surface area contributed by atoms with Gasteiger partial charge in [-0.25, -0.2) is 17.2 Å². The second-order valence-electron chi connectivity index (χ2n) is 4.78. The lowest BCUT2D eigenvalue weighted by Crippen LogP contribution is -2.46. The summed E-state index contributed by atoms with van der Waals surface area (Å²) in [6.07, 6.45) is 0. The van der Waals surface area contributed by atoms with Gasteiger partial charge in [0.05, 0.1) is 6.04 Å². The van der Waals surface area contributed by atoms with Crippen molar-refractivity contribution >= 4 is 21.6 Å². The van der Waals surface area contributed by atoms with E-state index in [4.69, 9.17) is 5.73 Å². The van der Waals surface area contributed by atoms with Crippen LogP contribution in [0, 0.1) is 11.6 Å². The highest BCUT2D eigenvalue weighted by Crippen LogP contribution is 2.22. The standard InChI is InChI=1S/C12H17F2N3O3S/c1-6(2)16-12(18)7(3)17-21(19,20)9-5-4-8(13)11(15)10(9)14/h4-7,17H,15H2,1-3H3,(H,16,18). The molecule has 0 saturated heterocycles. The molecule has 0 heterocycles. The number of benzene rings is 1. The van der Waals surface area contributed by atoms with Crippen molar-refractivity contribution < 1.29 is 22.0 Å². The quantitative estimate of drug-likeness (QED) is 0.696. The van der Waals surface area contributed by atoms with Gasteiger partial charge in [0.1, 0.15) is 16.4 Å². The number of sulfonamides is 1. The smallest absolute Gasteiger partial charge is 0.244 e. The Morgan fingerprint density at radius 2 is 1.81 bits per heavy atom. The lowest BCUT2D eigenvalue weighted by Gasteiger charge is -2.16. The van der Waals surface area contributed by atoms with E-state index in [0.29, 0.717) is 0 Å². The second-order valence-corrected chi connectivity index (χ2v) is 6.46. The summed E-state index contributed by atoms with van der Waals surface area (Å²) in [5, 5.41) is 2.51. The molecule has 0 aromatic heterocycles. The van der Waals surface area contributed by atoms with Crippen LogP contribution < -0.4 is 15.8 Å². The molecule has 9 heteroatoms. The Morgan fingerprint density at radius 1 is 1.24 bits per heavy atom. The van der Waals surface area contributed by atoms with Crippen LogP contribution in [0.1, 0.15) is 20.8 Å². The number of amides is 1. The fourth-order valence-electron chi connectivity index (χ4n) is 1.52. The SMILES string of the molecule is CC(C)NC(=O)C(C)NS(=O)(=O)c1ccc(F)c(N)c1F. The number of carbonyl (C=O) groups excluding carboxylic acids is 1. The molecule has 1 amide bonds. The largest absolute Gasteiger partial charge is 0.394 e. The normalized spacial score (nSPS) is 13.2. The van der Waals surface area contributed by atoms with Crippen LogP contribution in [0.5, 0.6) is 0 Å². The van der Waals surface area contributed by atoms with Crippen LogP contribution in [-0.4, -0.2) is 26.4 Å². The molecule has 1 rings (SSSR count). The van der Waals surface area contributed by atoms with Crippen molar-refractivity contribution in [3.8, 4) is 0 Å². The maximum atomic E-state index is 13.7. The van der Waals surface area contributed by atoms with E-state index in [2.05, 4.69) is 5.32 Å². The minimum Gasteiger partial charge on any atom is -0.394 e. The fraction of sp³-hybridized carbons (Fsp3) is 0.417. The number of rotatable bonds is 5. The molecule has 4 N–H and O–H groups in total. The number of nitrogen functional groups attached to an aromatic ring is 1. The van der Waals surface area contributed by atoms with Crippen molar-refractivity contribution in [3.05, 3.63) is 23.8 Å². The highest BCUT2D eigenvalue weighted by molar-refractivity contribution is 7.89. The first-order valence-electron chi connectivity index (χ1n) is 6.12. The lowest BCUT2D eigenvalue weighted by molar-refractivity contribution is -0.122. The maximum absolute atomic E-state index is 13.7. The summed E-state index contributed by atoms with van der Waals surface area (Å²) in [4.78, 5) is 10.8. The van der Waals surface area contributed by atoms with Gasteiger partial charge in [0.25, 0.3) is 0 Å². The predicted molar refractivity (Wildman–Crippen MR) is 73.8 cm³/mol. The summed E-state index contributed by atoms with van der Waals surface area (Å²) in [6, 6.07) is 0.188. The fourth-order valence-corrected chi connectivity index (χ4v) is 2.81. The Bertz CT molecular complexity index is 647. The zero-order chi connectivity index (χ0) is 16.4. The van der Waals surface area contributed by atoms with E-state index < -0.39 is 44.2 Å². The zero-order valence-electron chi connectivity index (χ0n) is 11.8. The molecule has 0 radical (unpaired) electrons. The van der Waals surface area contributed by atoms with Gasteiger partial charge in [0.15, 0.2) is 5.82 Å². The third-order valence-electron chi connectivity index (χ3n) is 2.54. The Morgan fingerprint density at radius 3 is 2.33 bits per heavy atom. The first kappa shape index (κ1) is 17.3. The molecule has 1 atom stereocenters. The second kappa shape index (κ2) is 6.35. The molecule has 0 aliphatic carbocycles. The van der Waals surface area contributed by atoms with Gasteiger partial charge in [-0.15, -0.1) is 0 Å². The molecule has 0 saturated carbocycles. The van der Waals surface area contributed by atoms with E-state index in [1.165, 1.54) is 6.92 Å². The lowest BCUT2D eigenvalue weighted by atomic mass is 10.3. The molecule has 1 unspecified atom stereocenters.